The molecule has 0 fully saturated rings. The molecule has 0 unspecified atom stereocenters. The molecule has 27 heavy (non-hydrogen) atoms. The summed E-state index contributed by atoms with van der Waals surface area (Å²) in [4.78, 5) is 16.3. The summed E-state index contributed by atoms with van der Waals surface area (Å²) in [6.07, 6.45) is 0.829. The van der Waals surface area contributed by atoms with Crippen molar-refractivity contribution in [2.24, 2.45) is 0 Å². The maximum Gasteiger partial charge on any atom is 0.256 e. The van der Waals surface area contributed by atoms with E-state index < -0.39 is 0 Å². The number of carbonyl (C=O) groups is 1. The zero-order valence-corrected chi connectivity index (χ0v) is 16.8. The van der Waals surface area contributed by atoms with E-state index in [1.165, 1.54) is 25.6 Å². The van der Waals surface area contributed by atoms with E-state index in [2.05, 4.69) is 30.1 Å². The third kappa shape index (κ3) is 3.92. The highest BCUT2D eigenvalue weighted by molar-refractivity contribution is 7.16. The number of amides is 1. The number of nitriles is 1. The largest absolute Gasteiger partial charge is 0.497 e. The third-order valence-electron chi connectivity index (χ3n) is 4.77. The molecule has 1 aliphatic rings. The molecule has 2 heterocycles. The predicted octanol–water partition coefficient (Wildman–Crippen LogP) is 3.66. The standard InChI is InChI=1S/C20H23N3O3S/c1-12(2)23-6-5-16-17(10-21)20(27-18(16)11-23)22-19(24)13-7-14(25-3)9-15(8-13)26-4/h7-9,12H,5-6,11H2,1-4H3,(H,22,24). The van der Waals surface area contributed by atoms with Crippen molar-refractivity contribution >= 4 is 22.2 Å². The van der Waals surface area contributed by atoms with E-state index in [1.807, 2.05) is 0 Å². The van der Waals surface area contributed by atoms with Crippen molar-refractivity contribution in [3.8, 4) is 17.6 Å². The van der Waals surface area contributed by atoms with Crippen LogP contribution in [-0.4, -0.2) is 37.6 Å². The summed E-state index contributed by atoms with van der Waals surface area (Å²) in [5.74, 6) is 0.791. The lowest BCUT2D eigenvalue weighted by Crippen LogP contribution is -2.35. The number of carbonyl (C=O) groups excluding carboxylic acids is 1. The SMILES string of the molecule is COc1cc(OC)cc(C(=O)Nc2sc3c(c2C#N)CCN(C(C)C)C3)c1. The Kier molecular flexibility index (Phi) is 5.68. The zero-order chi connectivity index (χ0) is 19.6. The summed E-state index contributed by atoms with van der Waals surface area (Å²) in [6.45, 7) is 6.08. The number of anilines is 1. The van der Waals surface area contributed by atoms with Crippen molar-refractivity contribution in [3.63, 3.8) is 0 Å². The molecular formula is C20H23N3O3S. The van der Waals surface area contributed by atoms with Gasteiger partial charge in [0.1, 0.15) is 22.6 Å². The van der Waals surface area contributed by atoms with Gasteiger partial charge in [-0.05, 0) is 38.0 Å². The molecule has 0 aliphatic carbocycles. The van der Waals surface area contributed by atoms with Gasteiger partial charge in [-0.2, -0.15) is 5.26 Å². The van der Waals surface area contributed by atoms with Crippen molar-refractivity contribution in [2.45, 2.75) is 32.9 Å². The Bertz CT molecular complexity index is 876. The summed E-state index contributed by atoms with van der Waals surface area (Å²) in [5.41, 5.74) is 2.07. The normalized spacial score (nSPS) is 13.8. The molecule has 1 aliphatic heterocycles. The molecule has 0 atom stereocenters. The number of benzene rings is 1. The van der Waals surface area contributed by atoms with Crippen molar-refractivity contribution in [3.05, 3.63) is 39.8 Å². The number of nitrogens with one attached hydrogen (secondary N) is 1. The monoisotopic (exact) mass is 385 g/mol. The lowest BCUT2D eigenvalue weighted by molar-refractivity contribution is 0.102. The lowest BCUT2D eigenvalue weighted by Gasteiger charge is -2.30. The molecule has 1 N–H and O–H groups in total. The molecular weight excluding hydrogens is 362 g/mol. The molecule has 6 nitrogen and oxygen atoms in total. The first-order chi connectivity index (χ1) is 13.0. The number of hydrogen-bond acceptors (Lipinski definition) is 6. The quantitative estimate of drug-likeness (QED) is 0.850. The van der Waals surface area contributed by atoms with E-state index in [1.54, 1.807) is 18.2 Å². The first-order valence-corrected chi connectivity index (χ1v) is 9.61. The Morgan fingerprint density at radius 2 is 1.93 bits per heavy atom. The van der Waals surface area contributed by atoms with Crippen molar-refractivity contribution in [1.82, 2.24) is 4.90 Å². The fraction of sp³-hybridized carbons (Fsp3) is 0.400. The second kappa shape index (κ2) is 7.99. The fourth-order valence-electron chi connectivity index (χ4n) is 3.18. The minimum absolute atomic E-state index is 0.289. The Hall–Kier alpha value is -2.56. The summed E-state index contributed by atoms with van der Waals surface area (Å²) in [5, 5.41) is 13.2. The van der Waals surface area contributed by atoms with Crippen LogP contribution in [0.15, 0.2) is 18.2 Å². The van der Waals surface area contributed by atoms with Gasteiger partial charge in [0.25, 0.3) is 5.91 Å². The Morgan fingerprint density at radius 3 is 2.48 bits per heavy atom. The number of fused-ring (bicyclic) bond motifs is 1. The summed E-state index contributed by atoms with van der Waals surface area (Å²) < 4.78 is 10.5. The van der Waals surface area contributed by atoms with Gasteiger partial charge in [-0.15, -0.1) is 11.3 Å². The van der Waals surface area contributed by atoms with Gasteiger partial charge in [-0.25, -0.2) is 0 Å². The molecule has 0 radical (unpaired) electrons. The van der Waals surface area contributed by atoms with E-state index in [-0.39, 0.29) is 5.91 Å². The number of ether oxygens (including phenoxy) is 2. The second-order valence-electron chi connectivity index (χ2n) is 6.69. The molecule has 0 saturated carbocycles. The predicted molar refractivity (Wildman–Crippen MR) is 106 cm³/mol. The van der Waals surface area contributed by atoms with Gasteiger partial charge in [0.05, 0.1) is 19.8 Å². The second-order valence-corrected chi connectivity index (χ2v) is 7.79. The molecule has 142 valence electrons. The Balaban J connectivity index is 1.88. The highest BCUT2D eigenvalue weighted by Gasteiger charge is 2.26. The van der Waals surface area contributed by atoms with Gasteiger partial charge in [0.15, 0.2) is 0 Å². The van der Waals surface area contributed by atoms with Crippen molar-refractivity contribution in [2.75, 3.05) is 26.1 Å². The summed E-state index contributed by atoms with van der Waals surface area (Å²) in [6, 6.07) is 7.74. The molecule has 0 saturated heterocycles. The van der Waals surface area contributed by atoms with E-state index in [0.717, 1.165) is 30.0 Å². The first-order valence-electron chi connectivity index (χ1n) is 8.80. The smallest absolute Gasteiger partial charge is 0.256 e. The zero-order valence-electron chi connectivity index (χ0n) is 16.0. The molecule has 1 aromatic heterocycles. The van der Waals surface area contributed by atoms with Gasteiger partial charge in [-0.1, -0.05) is 0 Å². The number of thiophene rings is 1. The van der Waals surface area contributed by atoms with Gasteiger partial charge < -0.3 is 14.8 Å². The number of rotatable bonds is 5. The molecule has 1 amide bonds. The summed E-state index contributed by atoms with van der Waals surface area (Å²) >= 11 is 1.49. The van der Waals surface area contributed by atoms with Crippen LogP contribution >= 0.6 is 11.3 Å². The van der Waals surface area contributed by atoms with Crippen LogP contribution in [0.25, 0.3) is 0 Å². The third-order valence-corrected chi connectivity index (χ3v) is 5.90. The van der Waals surface area contributed by atoms with Crippen LogP contribution in [0.3, 0.4) is 0 Å². The molecule has 0 bridgehead atoms. The van der Waals surface area contributed by atoms with E-state index >= 15 is 0 Å². The first kappa shape index (κ1) is 19.2. The van der Waals surface area contributed by atoms with Gasteiger partial charge >= 0.3 is 0 Å². The molecule has 1 aromatic carbocycles. The molecule has 7 heteroatoms. The van der Waals surface area contributed by atoms with E-state index in [9.17, 15) is 10.1 Å². The molecule has 3 rings (SSSR count). The van der Waals surface area contributed by atoms with Crippen LogP contribution in [0.5, 0.6) is 11.5 Å². The maximum atomic E-state index is 12.8. The molecule has 2 aromatic rings. The topological polar surface area (TPSA) is 74.6 Å². The van der Waals surface area contributed by atoms with Crippen LogP contribution in [0.1, 0.15) is 40.2 Å². The minimum Gasteiger partial charge on any atom is -0.497 e. The maximum absolute atomic E-state index is 12.8. The lowest BCUT2D eigenvalue weighted by atomic mass is 10.0. The minimum atomic E-state index is -0.289. The highest BCUT2D eigenvalue weighted by atomic mass is 32.1. The van der Waals surface area contributed by atoms with Crippen LogP contribution in [0.2, 0.25) is 0 Å². The van der Waals surface area contributed by atoms with E-state index in [0.29, 0.717) is 33.7 Å². The van der Waals surface area contributed by atoms with Crippen molar-refractivity contribution < 1.29 is 14.3 Å². The summed E-state index contributed by atoms with van der Waals surface area (Å²) in [7, 11) is 3.08. The van der Waals surface area contributed by atoms with Crippen LogP contribution in [-0.2, 0) is 13.0 Å². The van der Waals surface area contributed by atoms with Crippen LogP contribution < -0.4 is 14.8 Å². The van der Waals surface area contributed by atoms with Crippen molar-refractivity contribution in [1.29, 1.82) is 5.26 Å². The highest BCUT2D eigenvalue weighted by Crippen LogP contribution is 2.37. The Morgan fingerprint density at radius 1 is 1.26 bits per heavy atom. The van der Waals surface area contributed by atoms with Gasteiger partial charge in [-0.3, -0.25) is 9.69 Å². The number of nitrogens with zero attached hydrogens (tertiary/aromatic N) is 2. The van der Waals surface area contributed by atoms with Gasteiger partial charge in [0.2, 0.25) is 0 Å². The Labute approximate surface area is 163 Å². The van der Waals surface area contributed by atoms with Crippen LogP contribution in [0.4, 0.5) is 5.00 Å². The molecule has 0 spiro atoms. The number of hydrogen-bond donors (Lipinski definition) is 1. The van der Waals surface area contributed by atoms with Crippen LogP contribution in [0, 0.1) is 11.3 Å². The van der Waals surface area contributed by atoms with E-state index in [4.69, 9.17) is 9.47 Å². The number of methoxy groups -OCH3 is 2. The van der Waals surface area contributed by atoms with Gasteiger partial charge in [0, 0.05) is 35.6 Å². The average Bonchev–Trinajstić information content (AvgIpc) is 3.03. The fourth-order valence-corrected chi connectivity index (χ4v) is 4.40. The average molecular weight is 385 g/mol.